The average molecular weight is 685 g/mol. The minimum Gasteiger partial charge on any atom is -0.309 e. The van der Waals surface area contributed by atoms with Crippen molar-refractivity contribution in [2.45, 2.75) is 6.92 Å². The number of fused-ring (bicyclic) bond motifs is 9. The maximum absolute atomic E-state index is 14.9. The Kier molecular flexibility index (Phi) is 6.99. The first-order chi connectivity index (χ1) is 25.5. The molecule has 0 amide bonds. The Morgan fingerprint density at radius 3 is 1.77 bits per heavy atom. The van der Waals surface area contributed by atoms with Crippen LogP contribution in [-0.2, 0) is 4.57 Å². The number of hydrogen-bond acceptors (Lipinski definition) is 2. The molecule has 0 aliphatic rings. The van der Waals surface area contributed by atoms with Crippen molar-refractivity contribution in [2.75, 3.05) is 0 Å². The number of aryl methyl sites for hydroxylation is 1. The Morgan fingerprint density at radius 2 is 1.04 bits per heavy atom. The summed E-state index contributed by atoms with van der Waals surface area (Å²) < 4.78 is 17.2. The second kappa shape index (κ2) is 11.9. The summed E-state index contributed by atoms with van der Waals surface area (Å²) in [5.41, 5.74) is 10.2. The molecule has 0 atom stereocenters. The van der Waals surface area contributed by atoms with Gasteiger partial charge in [-0.25, -0.2) is 4.98 Å². The predicted molar refractivity (Wildman–Crippen MR) is 220 cm³/mol. The molecule has 2 heterocycles. The smallest absolute Gasteiger partial charge is 0.171 e. The van der Waals surface area contributed by atoms with Crippen LogP contribution in [0.2, 0.25) is 0 Å². The molecule has 0 saturated heterocycles. The van der Waals surface area contributed by atoms with Crippen molar-refractivity contribution in [2.24, 2.45) is 0 Å². The molecule has 3 nitrogen and oxygen atoms in total. The molecule has 0 bridgehead atoms. The Morgan fingerprint density at radius 1 is 0.442 bits per heavy atom. The number of rotatable bonds is 5. The number of hydrogen-bond donors (Lipinski definition) is 0. The quantitative estimate of drug-likeness (QED) is 0.134. The van der Waals surface area contributed by atoms with Gasteiger partial charge in [0.1, 0.15) is 5.65 Å². The Bertz CT molecular complexity index is 2990. The van der Waals surface area contributed by atoms with E-state index in [1.54, 1.807) is 0 Å². The van der Waals surface area contributed by atoms with Crippen molar-refractivity contribution < 1.29 is 4.57 Å². The summed E-state index contributed by atoms with van der Waals surface area (Å²) in [5, 5.41) is 8.29. The van der Waals surface area contributed by atoms with E-state index in [9.17, 15) is 4.57 Å². The second-order valence-corrected chi connectivity index (χ2v) is 16.4. The van der Waals surface area contributed by atoms with E-state index in [4.69, 9.17) is 4.98 Å². The second-order valence-electron chi connectivity index (χ2n) is 13.6. The van der Waals surface area contributed by atoms with Crippen LogP contribution < -0.4 is 15.9 Å². The lowest BCUT2D eigenvalue weighted by Crippen LogP contribution is -2.24. The molecule has 10 aromatic rings. The van der Waals surface area contributed by atoms with Crippen LogP contribution in [0.1, 0.15) is 5.56 Å². The van der Waals surface area contributed by atoms with Crippen LogP contribution in [0, 0.1) is 6.92 Å². The van der Waals surface area contributed by atoms with Crippen molar-refractivity contribution in [3.8, 4) is 22.3 Å². The zero-order chi connectivity index (χ0) is 34.8. The summed E-state index contributed by atoms with van der Waals surface area (Å²) in [5.74, 6) is 0. The molecule has 0 aliphatic carbocycles. The molecule has 2 aromatic heterocycles. The fraction of sp³-hybridized carbons (Fsp3) is 0.0208. The lowest BCUT2D eigenvalue weighted by molar-refractivity contribution is 0.592. The number of aromatic nitrogens is 2. The average Bonchev–Trinajstić information content (AvgIpc) is 3.60. The summed E-state index contributed by atoms with van der Waals surface area (Å²) in [7, 11) is -3.04. The van der Waals surface area contributed by atoms with Gasteiger partial charge < -0.3 is 4.57 Å². The molecule has 8 aromatic carbocycles. The van der Waals surface area contributed by atoms with E-state index in [2.05, 4.69) is 127 Å². The van der Waals surface area contributed by atoms with Crippen LogP contribution in [0.3, 0.4) is 0 Å². The first-order valence-electron chi connectivity index (χ1n) is 17.6. The molecule has 10 rings (SSSR count). The van der Waals surface area contributed by atoms with Crippen molar-refractivity contribution in [1.29, 1.82) is 0 Å². The molecule has 0 saturated carbocycles. The summed E-state index contributed by atoms with van der Waals surface area (Å²) in [6.45, 7) is 2.13. The van der Waals surface area contributed by atoms with Crippen LogP contribution in [0.15, 0.2) is 182 Å². The van der Waals surface area contributed by atoms with Crippen LogP contribution in [-0.4, -0.2) is 9.38 Å². The van der Waals surface area contributed by atoms with Gasteiger partial charge in [-0.2, -0.15) is 0 Å². The van der Waals surface area contributed by atoms with Gasteiger partial charge in [0.15, 0.2) is 7.14 Å². The third kappa shape index (κ3) is 4.82. The van der Waals surface area contributed by atoms with Crippen molar-refractivity contribution in [1.82, 2.24) is 9.38 Å². The molecule has 0 unspecified atom stereocenters. The van der Waals surface area contributed by atoms with Gasteiger partial charge in [0, 0.05) is 26.7 Å². The minimum atomic E-state index is -3.04. The van der Waals surface area contributed by atoms with Crippen molar-refractivity contribution in [3.05, 3.63) is 188 Å². The molecule has 4 heteroatoms. The number of nitrogens with zero attached hydrogens (tertiary/aromatic N) is 2. The van der Waals surface area contributed by atoms with Gasteiger partial charge in [-0.1, -0.05) is 140 Å². The number of benzene rings is 8. The van der Waals surface area contributed by atoms with Crippen LogP contribution >= 0.6 is 7.14 Å². The normalized spacial score (nSPS) is 12.0. The molecule has 0 N–H and O–H groups in total. The summed E-state index contributed by atoms with van der Waals surface area (Å²) >= 11 is 0. The lowest BCUT2D eigenvalue weighted by atomic mass is 9.96. The highest BCUT2D eigenvalue weighted by molar-refractivity contribution is 7.85. The Balaban J connectivity index is 1.01. The van der Waals surface area contributed by atoms with E-state index < -0.39 is 7.14 Å². The fourth-order valence-electron chi connectivity index (χ4n) is 7.83. The molecule has 0 aliphatic heterocycles. The zero-order valence-corrected chi connectivity index (χ0v) is 29.5. The third-order valence-corrected chi connectivity index (χ3v) is 13.5. The van der Waals surface area contributed by atoms with Gasteiger partial charge in [-0.3, -0.25) is 4.40 Å². The monoisotopic (exact) mass is 684 g/mol. The third-order valence-electron chi connectivity index (χ3n) is 10.5. The molecule has 0 radical (unpaired) electrons. The Labute approximate surface area is 301 Å². The maximum atomic E-state index is 14.9. The fourth-order valence-corrected chi connectivity index (χ4v) is 10.5. The largest absolute Gasteiger partial charge is 0.309 e. The zero-order valence-electron chi connectivity index (χ0n) is 28.6. The van der Waals surface area contributed by atoms with E-state index in [1.165, 1.54) is 27.5 Å². The van der Waals surface area contributed by atoms with Gasteiger partial charge in [0.25, 0.3) is 0 Å². The SMILES string of the molecule is Cc1ccc2nc3c4ccc(-c5ccc(-c6ccc7cc(P(=O)(c8ccccc8)c8ccccc8)ccc7c6)cc5)cc4c4ccccc4n3c2c1. The highest BCUT2D eigenvalue weighted by atomic mass is 31.2. The molecule has 246 valence electrons. The van der Waals surface area contributed by atoms with Gasteiger partial charge in [-0.05, 0) is 93.4 Å². The summed E-state index contributed by atoms with van der Waals surface area (Å²) in [6.07, 6.45) is 0. The number of imidazole rings is 1. The van der Waals surface area contributed by atoms with E-state index in [-0.39, 0.29) is 0 Å². The number of pyridine rings is 1. The van der Waals surface area contributed by atoms with Gasteiger partial charge >= 0.3 is 0 Å². The van der Waals surface area contributed by atoms with Gasteiger partial charge in [0.05, 0.1) is 16.6 Å². The topological polar surface area (TPSA) is 34.4 Å². The van der Waals surface area contributed by atoms with Crippen LogP contribution in [0.4, 0.5) is 0 Å². The van der Waals surface area contributed by atoms with E-state index in [0.29, 0.717) is 0 Å². The van der Waals surface area contributed by atoms with Gasteiger partial charge in [0.2, 0.25) is 0 Å². The van der Waals surface area contributed by atoms with Gasteiger partial charge in [-0.15, -0.1) is 0 Å². The molecule has 0 fully saturated rings. The molecular formula is C48H33N2OP. The van der Waals surface area contributed by atoms with E-state index >= 15 is 0 Å². The summed E-state index contributed by atoms with van der Waals surface area (Å²) in [6, 6.07) is 63.2. The van der Waals surface area contributed by atoms with E-state index in [0.717, 1.165) is 65.4 Å². The number of para-hydroxylation sites is 1. The Hall–Kier alpha value is -6.28. The first-order valence-corrected chi connectivity index (χ1v) is 19.4. The van der Waals surface area contributed by atoms with Crippen molar-refractivity contribution >= 4 is 72.2 Å². The minimum absolute atomic E-state index is 0.842. The highest BCUT2D eigenvalue weighted by Crippen LogP contribution is 2.43. The lowest BCUT2D eigenvalue weighted by Gasteiger charge is -2.20. The van der Waals surface area contributed by atoms with Crippen LogP contribution in [0.25, 0.3) is 71.4 Å². The highest BCUT2D eigenvalue weighted by Gasteiger charge is 2.29. The molecule has 52 heavy (non-hydrogen) atoms. The first kappa shape index (κ1) is 30.5. The standard InChI is InChI=1S/C48H33N2OP/c1-32-16-27-45-47(28-32)50-46-15-9-8-14-42(46)44-31-38(24-26-43(44)48(50)49-45)34-19-17-33(18-20-34)35-21-22-37-30-41(25-23-36(37)29-35)52(51,39-10-4-2-5-11-39)40-12-6-3-7-13-40/h2-31H,1H3. The van der Waals surface area contributed by atoms with Crippen molar-refractivity contribution in [3.63, 3.8) is 0 Å². The summed E-state index contributed by atoms with van der Waals surface area (Å²) in [4.78, 5) is 5.10. The predicted octanol–water partition coefficient (Wildman–Crippen LogP) is 11.2. The molecule has 0 spiro atoms. The van der Waals surface area contributed by atoms with E-state index in [1.807, 2.05) is 66.7 Å². The molecular weight excluding hydrogens is 652 g/mol. The maximum Gasteiger partial charge on any atom is 0.171 e. The van der Waals surface area contributed by atoms with Crippen LogP contribution in [0.5, 0.6) is 0 Å².